The second-order valence-corrected chi connectivity index (χ2v) is 3.89. The number of benzene rings is 1. The van der Waals surface area contributed by atoms with Gasteiger partial charge in [0.05, 0.1) is 17.9 Å². The zero-order valence-electron chi connectivity index (χ0n) is 9.13. The number of nitrogens with zero attached hydrogens (tertiary/aromatic N) is 2. The highest BCUT2D eigenvalue weighted by Gasteiger charge is 2.18. The Morgan fingerprint density at radius 3 is 3.00 bits per heavy atom. The molecule has 0 bridgehead atoms. The number of para-hydroxylation sites is 2. The van der Waals surface area contributed by atoms with E-state index in [2.05, 4.69) is 10.3 Å². The van der Waals surface area contributed by atoms with Crippen LogP contribution in [0.2, 0.25) is 0 Å². The molecule has 17 heavy (non-hydrogen) atoms. The summed E-state index contributed by atoms with van der Waals surface area (Å²) >= 11 is 0. The van der Waals surface area contributed by atoms with Gasteiger partial charge in [0.2, 0.25) is 6.41 Å². The minimum Gasteiger partial charge on any atom is -0.338 e. The Kier molecular flexibility index (Phi) is 2.26. The van der Waals surface area contributed by atoms with Gasteiger partial charge in [-0.25, -0.2) is 4.98 Å². The monoisotopic (exact) mass is 225 g/mol. The number of rotatable bonds is 1. The largest absolute Gasteiger partial charge is 0.338 e. The van der Waals surface area contributed by atoms with Crippen LogP contribution in [0.15, 0.2) is 42.6 Å². The van der Waals surface area contributed by atoms with Crippen molar-refractivity contribution in [3.05, 3.63) is 48.2 Å². The topological polar surface area (TPSA) is 45.2 Å². The first-order valence-corrected chi connectivity index (χ1v) is 5.40. The summed E-state index contributed by atoms with van der Waals surface area (Å²) in [5, 5.41) is 3.26. The standard InChI is InChI=1S/C13H11N3O/c17-9-16-8-10-4-3-7-14-13(10)15-11-5-1-2-6-12(11)16/h1-7,9H,8H2,(H,14,15). The number of nitrogens with one attached hydrogen (secondary N) is 1. The Balaban J connectivity index is 2.16. The predicted octanol–water partition coefficient (Wildman–Crippen LogP) is 2.30. The second-order valence-electron chi connectivity index (χ2n) is 3.89. The number of pyridine rings is 1. The summed E-state index contributed by atoms with van der Waals surface area (Å²) in [6, 6.07) is 11.6. The van der Waals surface area contributed by atoms with Crippen LogP contribution in [0.25, 0.3) is 0 Å². The highest BCUT2D eigenvalue weighted by Crippen LogP contribution is 2.33. The Labute approximate surface area is 98.9 Å². The van der Waals surface area contributed by atoms with Gasteiger partial charge in [0.1, 0.15) is 5.82 Å². The molecule has 1 aromatic heterocycles. The van der Waals surface area contributed by atoms with Crippen LogP contribution in [0.4, 0.5) is 17.2 Å². The van der Waals surface area contributed by atoms with E-state index in [0.29, 0.717) is 6.54 Å². The Morgan fingerprint density at radius 1 is 1.24 bits per heavy atom. The molecule has 0 saturated heterocycles. The van der Waals surface area contributed by atoms with Crippen LogP contribution in [0.3, 0.4) is 0 Å². The fraction of sp³-hybridized carbons (Fsp3) is 0.0769. The first-order valence-electron chi connectivity index (χ1n) is 5.40. The van der Waals surface area contributed by atoms with Crippen molar-refractivity contribution in [2.75, 3.05) is 10.2 Å². The average Bonchev–Trinajstić information content (AvgIpc) is 2.54. The second kappa shape index (κ2) is 3.90. The van der Waals surface area contributed by atoms with Crippen LogP contribution >= 0.6 is 0 Å². The van der Waals surface area contributed by atoms with Crippen LogP contribution in [0.5, 0.6) is 0 Å². The first-order chi connectivity index (χ1) is 8.38. The summed E-state index contributed by atoms with van der Waals surface area (Å²) in [6.07, 6.45) is 2.59. The molecular formula is C13H11N3O. The maximum absolute atomic E-state index is 11.2. The van der Waals surface area contributed by atoms with E-state index < -0.39 is 0 Å². The van der Waals surface area contributed by atoms with Gasteiger partial charge >= 0.3 is 0 Å². The van der Waals surface area contributed by atoms with E-state index in [4.69, 9.17) is 0 Å². The van der Waals surface area contributed by atoms with Crippen molar-refractivity contribution in [2.24, 2.45) is 0 Å². The summed E-state index contributed by atoms with van der Waals surface area (Å²) < 4.78 is 0. The predicted molar refractivity (Wildman–Crippen MR) is 66.2 cm³/mol. The molecule has 1 N–H and O–H groups in total. The van der Waals surface area contributed by atoms with Gasteiger partial charge in [0.25, 0.3) is 0 Å². The van der Waals surface area contributed by atoms with Crippen molar-refractivity contribution >= 4 is 23.6 Å². The van der Waals surface area contributed by atoms with Crippen molar-refractivity contribution in [1.29, 1.82) is 0 Å². The molecule has 0 radical (unpaired) electrons. The summed E-state index contributed by atoms with van der Waals surface area (Å²) in [5.74, 6) is 0.810. The van der Waals surface area contributed by atoms with Gasteiger partial charge < -0.3 is 10.2 Å². The molecule has 0 spiro atoms. The lowest BCUT2D eigenvalue weighted by molar-refractivity contribution is -0.107. The lowest BCUT2D eigenvalue weighted by atomic mass is 10.2. The Bertz CT molecular complexity index is 568. The summed E-state index contributed by atoms with van der Waals surface area (Å²) in [5.41, 5.74) is 2.79. The third-order valence-corrected chi connectivity index (χ3v) is 2.83. The lowest BCUT2D eigenvalue weighted by Gasteiger charge is -2.16. The molecule has 4 nitrogen and oxygen atoms in total. The van der Waals surface area contributed by atoms with E-state index in [1.54, 1.807) is 11.1 Å². The quantitative estimate of drug-likeness (QED) is 0.757. The average molecular weight is 225 g/mol. The normalized spacial score (nSPS) is 13.1. The van der Waals surface area contributed by atoms with Crippen molar-refractivity contribution in [3.63, 3.8) is 0 Å². The van der Waals surface area contributed by atoms with Gasteiger partial charge in [-0.05, 0) is 18.2 Å². The number of hydrogen-bond donors (Lipinski definition) is 1. The van der Waals surface area contributed by atoms with E-state index in [-0.39, 0.29) is 0 Å². The van der Waals surface area contributed by atoms with Crippen molar-refractivity contribution in [1.82, 2.24) is 4.98 Å². The van der Waals surface area contributed by atoms with Gasteiger partial charge in [-0.15, -0.1) is 0 Å². The number of hydrogen-bond acceptors (Lipinski definition) is 3. The van der Waals surface area contributed by atoms with Crippen LogP contribution in [-0.4, -0.2) is 11.4 Å². The molecule has 1 aromatic carbocycles. The number of aromatic nitrogens is 1. The molecule has 3 rings (SSSR count). The first kappa shape index (κ1) is 9.84. The zero-order valence-corrected chi connectivity index (χ0v) is 9.13. The van der Waals surface area contributed by atoms with Gasteiger partial charge in [-0.3, -0.25) is 4.79 Å². The smallest absolute Gasteiger partial charge is 0.214 e. The van der Waals surface area contributed by atoms with E-state index in [1.165, 1.54) is 0 Å². The molecule has 0 atom stereocenters. The molecule has 0 aliphatic carbocycles. The molecule has 1 aliphatic rings. The third kappa shape index (κ3) is 1.63. The Hall–Kier alpha value is -2.36. The minimum absolute atomic E-state index is 0.538. The van der Waals surface area contributed by atoms with Crippen molar-refractivity contribution < 1.29 is 4.79 Å². The summed E-state index contributed by atoms with van der Waals surface area (Å²) in [7, 11) is 0. The fourth-order valence-corrected chi connectivity index (χ4v) is 2.00. The number of carbonyl (C=O) groups is 1. The van der Waals surface area contributed by atoms with Crippen LogP contribution in [-0.2, 0) is 11.3 Å². The maximum Gasteiger partial charge on any atom is 0.214 e. The molecule has 0 saturated carbocycles. The molecule has 4 heteroatoms. The number of anilines is 3. The summed E-state index contributed by atoms with van der Waals surface area (Å²) in [6.45, 7) is 0.538. The van der Waals surface area contributed by atoms with E-state index >= 15 is 0 Å². The molecule has 84 valence electrons. The lowest BCUT2D eigenvalue weighted by Crippen LogP contribution is -2.19. The molecule has 2 heterocycles. The maximum atomic E-state index is 11.2. The van der Waals surface area contributed by atoms with E-state index in [9.17, 15) is 4.79 Å². The van der Waals surface area contributed by atoms with Crippen LogP contribution in [0.1, 0.15) is 5.56 Å². The SMILES string of the molecule is O=CN1Cc2cccnc2Nc2ccccc21. The summed E-state index contributed by atoms with van der Waals surface area (Å²) in [4.78, 5) is 17.1. The van der Waals surface area contributed by atoms with Gasteiger partial charge in [0.15, 0.2) is 0 Å². The van der Waals surface area contributed by atoms with Gasteiger partial charge in [0, 0.05) is 11.8 Å². The van der Waals surface area contributed by atoms with Gasteiger partial charge in [-0.2, -0.15) is 0 Å². The molecule has 2 aromatic rings. The minimum atomic E-state index is 0.538. The van der Waals surface area contributed by atoms with Crippen LogP contribution < -0.4 is 10.2 Å². The molecule has 0 fully saturated rings. The highest BCUT2D eigenvalue weighted by molar-refractivity contribution is 5.87. The molecular weight excluding hydrogens is 214 g/mol. The molecule has 0 unspecified atom stereocenters. The van der Waals surface area contributed by atoms with E-state index in [0.717, 1.165) is 29.2 Å². The van der Waals surface area contributed by atoms with Crippen LogP contribution in [0, 0.1) is 0 Å². The highest BCUT2D eigenvalue weighted by atomic mass is 16.1. The van der Waals surface area contributed by atoms with Crippen molar-refractivity contribution in [3.8, 4) is 0 Å². The van der Waals surface area contributed by atoms with Gasteiger partial charge in [-0.1, -0.05) is 18.2 Å². The zero-order chi connectivity index (χ0) is 11.7. The number of amides is 1. The fourth-order valence-electron chi connectivity index (χ4n) is 2.00. The van der Waals surface area contributed by atoms with E-state index in [1.807, 2.05) is 36.4 Å². The number of carbonyl (C=O) groups excluding carboxylic acids is 1. The molecule has 1 aliphatic heterocycles. The number of fused-ring (bicyclic) bond motifs is 2. The molecule has 1 amide bonds. The van der Waals surface area contributed by atoms with Crippen molar-refractivity contribution in [2.45, 2.75) is 6.54 Å². The third-order valence-electron chi connectivity index (χ3n) is 2.83. The Morgan fingerprint density at radius 2 is 2.12 bits per heavy atom.